The molecule has 1 heterocycles. The van der Waals surface area contributed by atoms with Crippen LogP contribution in [0.2, 0.25) is 0 Å². The Kier molecular flexibility index (Phi) is 5.40. The fourth-order valence-electron chi connectivity index (χ4n) is 1.91. The van der Waals surface area contributed by atoms with Gasteiger partial charge in [-0.05, 0) is 43.9 Å². The molecule has 1 amide bonds. The minimum absolute atomic E-state index is 0.0896. The van der Waals surface area contributed by atoms with Crippen LogP contribution in [0.25, 0.3) is 0 Å². The number of carbonyl (C=O) groups excluding carboxylic acids is 1. The maximum atomic E-state index is 11.8. The molecule has 5 heteroatoms. The van der Waals surface area contributed by atoms with E-state index < -0.39 is 0 Å². The van der Waals surface area contributed by atoms with E-state index in [1.165, 1.54) is 0 Å². The monoisotopic (exact) mass is 286 g/mol. The number of H-pyrrole nitrogens is 1. The summed E-state index contributed by atoms with van der Waals surface area (Å²) >= 11 is 0. The van der Waals surface area contributed by atoms with Gasteiger partial charge < -0.3 is 20.5 Å². The molecule has 3 N–H and O–H groups in total. The van der Waals surface area contributed by atoms with Crippen molar-refractivity contribution in [3.05, 3.63) is 53.9 Å². The number of hydrogen-bond donors (Lipinski definition) is 3. The second kappa shape index (κ2) is 7.50. The van der Waals surface area contributed by atoms with Crippen molar-refractivity contribution >= 4 is 11.6 Å². The van der Waals surface area contributed by atoms with Gasteiger partial charge in [0.2, 0.25) is 0 Å². The van der Waals surface area contributed by atoms with Gasteiger partial charge in [-0.15, -0.1) is 0 Å². The summed E-state index contributed by atoms with van der Waals surface area (Å²) in [6, 6.07) is 11.7. The van der Waals surface area contributed by atoms with Crippen molar-refractivity contribution in [1.82, 2.24) is 15.2 Å². The maximum Gasteiger partial charge on any atom is 0.267 e. The summed E-state index contributed by atoms with van der Waals surface area (Å²) in [5.74, 6) is -0.0896. The Labute approximate surface area is 125 Å². The predicted octanol–water partition coefficient (Wildman–Crippen LogP) is 1.92. The molecule has 0 unspecified atom stereocenters. The first-order valence-corrected chi connectivity index (χ1v) is 7.04. The minimum Gasteiger partial charge on any atom is -0.384 e. The van der Waals surface area contributed by atoms with Gasteiger partial charge in [-0.2, -0.15) is 0 Å². The zero-order valence-corrected chi connectivity index (χ0v) is 12.5. The summed E-state index contributed by atoms with van der Waals surface area (Å²) in [6.07, 6.45) is 1.74. The van der Waals surface area contributed by atoms with Crippen molar-refractivity contribution in [2.45, 2.75) is 6.54 Å². The summed E-state index contributed by atoms with van der Waals surface area (Å²) in [5, 5.41) is 6.24. The minimum atomic E-state index is -0.0896. The lowest BCUT2D eigenvalue weighted by molar-refractivity contribution is 0.0946. The van der Waals surface area contributed by atoms with Crippen molar-refractivity contribution in [2.75, 3.05) is 32.5 Å². The van der Waals surface area contributed by atoms with E-state index in [9.17, 15) is 4.79 Å². The van der Waals surface area contributed by atoms with Crippen LogP contribution < -0.4 is 10.6 Å². The van der Waals surface area contributed by atoms with Crippen LogP contribution in [-0.2, 0) is 6.54 Å². The molecule has 112 valence electrons. The van der Waals surface area contributed by atoms with E-state index in [1.54, 1.807) is 12.3 Å². The van der Waals surface area contributed by atoms with Crippen LogP contribution >= 0.6 is 0 Å². The Morgan fingerprint density at radius 2 is 1.95 bits per heavy atom. The normalized spacial score (nSPS) is 10.6. The first-order valence-electron chi connectivity index (χ1n) is 7.04. The van der Waals surface area contributed by atoms with Gasteiger partial charge in [0.15, 0.2) is 0 Å². The van der Waals surface area contributed by atoms with Gasteiger partial charge in [0, 0.05) is 31.5 Å². The number of aromatic nitrogens is 1. The number of carbonyl (C=O) groups is 1. The van der Waals surface area contributed by atoms with E-state index in [0.717, 1.165) is 24.3 Å². The largest absolute Gasteiger partial charge is 0.384 e. The van der Waals surface area contributed by atoms with E-state index in [1.807, 2.05) is 30.3 Å². The highest BCUT2D eigenvalue weighted by Gasteiger charge is 2.04. The first kappa shape index (κ1) is 15.1. The van der Waals surface area contributed by atoms with Gasteiger partial charge in [0.1, 0.15) is 5.69 Å². The van der Waals surface area contributed by atoms with Crippen LogP contribution in [-0.4, -0.2) is 43.0 Å². The Morgan fingerprint density at radius 1 is 1.19 bits per heavy atom. The zero-order chi connectivity index (χ0) is 15.1. The van der Waals surface area contributed by atoms with Crippen molar-refractivity contribution < 1.29 is 4.79 Å². The average Bonchev–Trinajstić information content (AvgIpc) is 3.00. The number of amides is 1. The number of hydrogen-bond acceptors (Lipinski definition) is 3. The Morgan fingerprint density at radius 3 is 2.57 bits per heavy atom. The van der Waals surface area contributed by atoms with E-state index >= 15 is 0 Å². The third kappa shape index (κ3) is 4.96. The first-order chi connectivity index (χ1) is 10.1. The molecule has 0 saturated carbocycles. The highest BCUT2D eigenvalue weighted by molar-refractivity contribution is 5.92. The van der Waals surface area contributed by atoms with Gasteiger partial charge in [0.05, 0.1) is 0 Å². The van der Waals surface area contributed by atoms with Gasteiger partial charge in [0.25, 0.3) is 5.91 Å². The molecular weight excluding hydrogens is 264 g/mol. The van der Waals surface area contributed by atoms with Crippen molar-refractivity contribution in [1.29, 1.82) is 0 Å². The second-order valence-electron chi connectivity index (χ2n) is 5.19. The molecule has 21 heavy (non-hydrogen) atoms. The molecule has 1 aromatic carbocycles. The molecule has 0 fully saturated rings. The molecule has 0 aliphatic carbocycles. The topological polar surface area (TPSA) is 60.2 Å². The van der Waals surface area contributed by atoms with Gasteiger partial charge in [-0.1, -0.05) is 12.1 Å². The van der Waals surface area contributed by atoms with Crippen LogP contribution in [0.15, 0.2) is 42.6 Å². The Bertz CT molecular complexity index is 546. The number of nitrogens with one attached hydrogen (secondary N) is 3. The number of likely N-dealkylation sites (N-methyl/N-ethyl adjacent to an activating group) is 1. The summed E-state index contributed by atoms with van der Waals surface area (Å²) < 4.78 is 0. The molecule has 2 rings (SSSR count). The van der Waals surface area contributed by atoms with Crippen molar-refractivity contribution in [2.24, 2.45) is 0 Å². The third-order valence-electron chi connectivity index (χ3n) is 3.14. The number of nitrogens with zero attached hydrogens (tertiary/aromatic N) is 1. The lowest BCUT2D eigenvalue weighted by atomic mass is 10.2. The number of anilines is 1. The predicted molar refractivity (Wildman–Crippen MR) is 85.4 cm³/mol. The highest BCUT2D eigenvalue weighted by Crippen LogP contribution is 2.09. The summed E-state index contributed by atoms with van der Waals surface area (Å²) in [5.41, 5.74) is 2.75. The molecule has 0 aliphatic heterocycles. The van der Waals surface area contributed by atoms with Gasteiger partial charge >= 0.3 is 0 Å². The number of benzene rings is 1. The molecule has 2 aromatic rings. The molecule has 0 bridgehead atoms. The molecule has 0 atom stereocenters. The summed E-state index contributed by atoms with van der Waals surface area (Å²) in [4.78, 5) is 16.8. The van der Waals surface area contributed by atoms with E-state index in [2.05, 4.69) is 34.6 Å². The molecule has 0 spiro atoms. The third-order valence-corrected chi connectivity index (χ3v) is 3.14. The number of aromatic amines is 1. The fourth-order valence-corrected chi connectivity index (χ4v) is 1.91. The van der Waals surface area contributed by atoms with Gasteiger partial charge in [-0.3, -0.25) is 4.79 Å². The summed E-state index contributed by atoms with van der Waals surface area (Å²) in [6.45, 7) is 2.43. The Hall–Kier alpha value is -2.27. The highest BCUT2D eigenvalue weighted by atomic mass is 16.1. The molecule has 0 radical (unpaired) electrons. The van der Waals surface area contributed by atoms with Crippen LogP contribution in [0.3, 0.4) is 0 Å². The smallest absolute Gasteiger partial charge is 0.267 e. The average molecular weight is 286 g/mol. The van der Waals surface area contributed by atoms with E-state index in [-0.39, 0.29) is 5.91 Å². The molecular formula is C16H22N4O. The van der Waals surface area contributed by atoms with Crippen molar-refractivity contribution in [3.63, 3.8) is 0 Å². The SMILES string of the molecule is CN(C)CCNc1ccc(CNC(=O)c2ccc[nH]2)cc1. The quantitative estimate of drug-likeness (QED) is 0.729. The van der Waals surface area contributed by atoms with Crippen LogP contribution in [0.1, 0.15) is 16.1 Å². The van der Waals surface area contributed by atoms with E-state index in [4.69, 9.17) is 0 Å². The lowest BCUT2D eigenvalue weighted by Gasteiger charge is -2.11. The molecule has 0 saturated heterocycles. The Balaban J connectivity index is 1.78. The fraction of sp³-hybridized carbons (Fsp3) is 0.312. The van der Waals surface area contributed by atoms with Gasteiger partial charge in [-0.25, -0.2) is 0 Å². The van der Waals surface area contributed by atoms with Crippen LogP contribution in [0.4, 0.5) is 5.69 Å². The van der Waals surface area contributed by atoms with Crippen LogP contribution in [0, 0.1) is 0 Å². The molecule has 1 aromatic heterocycles. The zero-order valence-electron chi connectivity index (χ0n) is 12.5. The van der Waals surface area contributed by atoms with Crippen LogP contribution in [0.5, 0.6) is 0 Å². The lowest BCUT2D eigenvalue weighted by Crippen LogP contribution is -2.23. The molecule has 0 aliphatic rings. The molecule has 5 nitrogen and oxygen atoms in total. The maximum absolute atomic E-state index is 11.8. The standard InChI is InChI=1S/C16H22N4O/c1-20(2)11-10-17-14-7-5-13(6-8-14)12-19-16(21)15-4-3-9-18-15/h3-9,17-18H,10-12H2,1-2H3,(H,19,21). The summed E-state index contributed by atoms with van der Waals surface area (Å²) in [7, 11) is 4.11. The van der Waals surface area contributed by atoms with E-state index in [0.29, 0.717) is 12.2 Å². The number of rotatable bonds is 7. The second-order valence-corrected chi connectivity index (χ2v) is 5.19. The van der Waals surface area contributed by atoms with Crippen molar-refractivity contribution in [3.8, 4) is 0 Å².